The Morgan fingerprint density at radius 2 is 1.59 bits per heavy atom. The zero-order valence-electron chi connectivity index (χ0n) is 16.5. The number of nitrogens with zero attached hydrogens (tertiary/aromatic N) is 2. The van der Waals surface area contributed by atoms with Gasteiger partial charge in [-0.15, -0.1) is 0 Å². The van der Waals surface area contributed by atoms with Gasteiger partial charge in [0.15, 0.2) is 0 Å². The summed E-state index contributed by atoms with van der Waals surface area (Å²) < 4.78 is 1.88. The first-order chi connectivity index (χ1) is 13.0. The van der Waals surface area contributed by atoms with Crippen LogP contribution < -0.4 is 5.32 Å². The zero-order chi connectivity index (χ0) is 19.4. The highest BCUT2D eigenvalue weighted by molar-refractivity contribution is 5.92. The van der Waals surface area contributed by atoms with Gasteiger partial charge < -0.3 is 5.32 Å². The average molecular weight is 361 g/mol. The molecule has 0 fully saturated rings. The minimum absolute atomic E-state index is 0.0178. The van der Waals surface area contributed by atoms with Crippen LogP contribution in [0.3, 0.4) is 0 Å². The summed E-state index contributed by atoms with van der Waals surface area (Å²) in [6.45, 7) is 8.12. The van der Waals surface area contributed by atoms with Crippen molar-refractivity contribution in [1.29, 1.82) is 0 Å². The van der Waals surface area contributed by atoms with Crippen LogP contribution in [0.1, 0.15) is 41.4 Å². The molecule has 27 heavy (non-hydrogen) atoms. The van der Waals surface area contributed by atoms with Gasteiger partial charge in [-0.05, 0) is 56.9 Å². The molecule has 1 N–H and O–H groups in total. The lowest BCUT2D eigenvalue weighted by Gasteiger charge is -2.08. The maximum atomic E-state index is 12.5. The van der Waals surface area contributed by atoms with Crippen LogP contribution in [-0.4, -0.2) is 15.7 Å². The minimum atomic E-state index is 0.0178. The summed E-state index contributed by atoms with van der Waals surface area (Å²) in [4.78, 5) is 12.5. The van der Waals surface area contributed by atoms with Crippen LogP contribution >= 0.6 is 0 Å². The molecule has 3 rings (SSSR count). The zero-order valence-corrected chi connectivity index (χ0v) is 16.5. The van der Waals surface area contributed by atoms with E-state index in [1.54, 1.807) is 0 Å². The Bertz CT molecular complexity index is 922. The van der Waals surface area contributed by atoms with Crippen molar-refractivity contribution in [3.63, 3.8) is 0 Å². The monoisotopic (exact) mass is 361 g/mol. The number of amides is 1. The summed E-state index contributed by atoms with van der Waals surface area (Å²) in [6, 6.07) is 16.7. The van der Waals surface area contributed by atoms with Gasteiger partial charge in [0.1, 0.15) is 0 Å². The largest absolute Gasteiger partial charge is 0.323 e. The molecule has 0 saturated heterocycles. The Balaban J connectivity index is 1.67. The van der Waals surface area contributed by atoms with Crippen LogP contribution in [0.5, 0.6) is 0 Å². The van der Waals surface area contributed by atoms with Gasteiger partial charge in [0, 0.05) is 6.42 Å². The molecule has 0 spiro atoms. The van der Waals surface area contributed by atoms with Gasteiger partial charge in [-0.2, -0.15) is 5.10 Å². The Morgan fingerprint density at radius 1 is 0.963 bits per heavy atom. The lowest BCUT2D eigenvalue weighted by Crippen LogP contribution is -2.13. The molecule has 0 unspecified atom stereocenters. The number of nitrogens with one attached hydrogen (secondary N) is 1. The molecule has 4 heteroatoms. The summed E-state index contributed by atoms with van der Waals surface area (Å²) in [7, 11) is 0. The molecular formula is C23H27N3O. The maximum absolute atomic E-state index is 12.5. The first-order valence-electron chi connectivity index (χ1n) is 9.49. The molecule has 0 aliphatic heterocycles. The van der Waals surface area contributed by atoms with E-state index in [0.29, 0.717) is 6.42 Å². The van der Waals surface area contributed by atoms with Crippen molar-refractivity contribution in [2.45, 2.75) is 47.0 Å². The number of hydrogen-bond donors (Lipinski definition) is 1. The number of aryl methyl sites for hydroxylation is 4. The Morgan fingerprint density at radius 3 is 2.22 bits per heavy atom. The average Bonchev–Trinajstić information content (AvgIpc) is 2.95. The predicted molar refractivity (Wildman–Crippen MR) is 111 cm³/mol. The van der Waals surface area contributed by atoms with Crippen LogP contribution in [0.25, 0.3) is 5.69 Å². The maximum Gasteiger partial charge on any atom is 0.224 e. The van der Waals surface area contributed by atoms with E-state index in [0.717, 1.165) is 35.6 Å². The molecule has 1 aromatic heterocycles. The SMILES string of the molecule is CCc1ccc(CCC(=O)Nc2c(C)nn(-c3ccc(C)cc3)c2C)cc1. The normalized spacial score (nSPS) is 10.8. The Hall–Kier alpha value is -2.88. The van der Waals surface area contributed by atoms with Crippen molar-refractivity contribution >= 4 is 11.6 Å². The third-order valence-corrected chi connectivity index (χ3v) is 4.91. The molecule has 4 nitrogen and oxygen atoms in total. The van der Waals surface area contributed by atoms with Gasteiger partial charge in [0.05, 0.1) is 22.8 Å². The second kappa shape index (κ2) is 8.21. The summed E-state index contributed by atoms with van der Waals surface area (Å²) >= 11 is 0. The highest BCUT2D eigenvalue weighted by Gasteiger charge is 2.15. The van der Waals surface area contributed by atoms with Crippen LogP contribution in [0, 0.1) is 20.8 Å². The third kappa shape index (κ3) is 4.45. The van der Waals surface area contributed by atoms with Gasteiger partial charge in [-0.3, -0.25) is 4.79 Å². The summed E-state index contributed by atoms with van der Waals surface area (Å²) in [5, 5.41) is 7.65. The first-order valence-corrected chi connectivity index (χ1v) is 9.49. The smallest absolute Gasteiger partial charge is 0.224 e. The standard InChI is InChI=1S/C23H27N3O/c1-5-19-8-10-20(11-9-19)12-15-22(27)24-23-17(3)25-26(18(23)4)21-13-6-16(2)7-14-21/h6-11,13-14H,5,12,15H2,1-4H3,(H,24,27). The quantitative estimate of drug-likeness (QED) is 0.676. The van der Waals surface area contributed by atoms with E-state index in [4.69, 9.17) is 0 Å². The van der Waals surface area contributed by atoms with Gasteiger partial charge in [-0.1, -0.05) is 48.9 Å². The third-order valence-electron chi connectivity index (χ3n) is 4.91. The summed E-state index contributed by atoms with van der Waals surface area (Å²) in [6.07, 6.45) is 2.23. The van der Waals surface area contributed by atoms with E-state index in [9.17, 15) is 4.79 Å². The van der Waals surface area contributed by atoms with Gasteiger partial charge >= 0.3 is 0 Å². The first kappa shape index (κ1) is 18.9. The molecule has 0 bridgehead atoms. The van der Waals surface area contributed by atoms with Crippen molar-refractivity contribution in [2.75, 3.05) is 5.32 Å². The number of rotatable bonds is 6. The van der Waals surface area contributed by atoms with Crippen LogP contribution in [0.2, 0.25) is 0 Å². The Labute approximate surface area is 161 Å². The summed E-state index contributed by atoms with van der Waals surface area (Å²) in [5.74, 6) is 0.0178. The number of hydrogen-bond acceptors (Lipinski definition) is 2. The number of carbonyl (C=O) groups excluding carboxylic acids is 1. The van der Waals surface area contributed by atoms with Gasteiger partial charge in [0.25, 0.3) is 0 Å². The topological polar surface area (TPSA) is 46.9 Å². The predicted octanol–water partition coefficient (Wildman–Crippen LogP) is 4.93. The minimum Gasteiger partial charge on any atom is -0.323 e. The number of aromatic nitrogens is 2. The van der Waals surface area contributed by atoms with Crippen molar-refractivity contribution in [1.82, 2.24) is 9.78 Å². The lowest BCUT2D eigenvalue weighted by atomic mass is 10.1. The molecule has 0 aliphatic carbocycles. The second-order valence-electron chi connectivity index (χ2n) is 7.01. The van der Waals surface area contributed by atoms with Gasteiger partial charge in [-0.25, -0.2) is 4.68 Å². The lowest BCUT2D eigenvalue weighted by molar-refractivity contribution is -0.116. The molecule has 1 heterocycles. The molecule has 3 aromatic rings. The van der Waals surface area contributed by atoms with Crippen LogP contribution in [-0.2, 0) is 17.6 Å². The van der Waals surface area contributed by atoms with Crippen LogP contribution in [0.15, 0.2) is 48.5 Å². The van der Waals surface area contributed by atoms with E-state index in [-0.39, 0.29) is 5.91 Å². The van der Waals surface area contributed by atoms with Crippen molar-refractivity contribution in [2.24, 2.45) is 0 Å². The fraction of sp³-hybridized carbons (Fsp3) is 0.304. The van der Waals surface area contributed by atoms with E-state index < -0.39 is 0 Å². The van der Waals surface area contributed by atoms with Crippen LogP contribution in [0.4, 0.5) is 5.69 Å². The number of anilines is 1. The fourth-order valence-electron chi connectivity index (χ4n) is 3.16. The number of carbonyl (C=O) groups is 1. The van der Waals surface area contributed by atoms with E-state index in [2.05, 4.69) is 60.7 Å². The number of benzene rings is 2. The molecule has 0 aliphatic rings. The molecule has 0 atom stereocenters. The fourth-order valence-corrected chi connectivity index (χ4v) is 3.16. The molecule has 0 saturated carbocycles. The molecular weight excluding hydrogens is 334 g/mol. The van der Waals surface area contributed by atoms with Crippen molar-refractivity contribution in [3.05, 3.63) is 76.6 Å². The van der Waals surface area contributed by atoms with Crippen molar-refractivity contribution < 1.29 is 4.79 Å². The van der Waals surface area contributed by atoms with E-state index >= 15 is 0 Å². The van der Waals surface area contributed by atoms with E-state index in [1.807, 2.05) is 30.7 Å². The second-order valence-corrected chi connectivity index (χ2v) is 7.01. The Kier molecular flexibility index (Phi) is 5.75. The molecule has 0 radical (unpaired) electrons. The van der Waals surface area contributed by atoms with Gasteiger partial charge in [0.2, 0.25) is 5.91 Å². The molecule has 1 amide bonds. The van der Waals surface area contributed by atoms with E-state index in [1.165, 1.54) is 16.7 Å². The summed E-state index contributed by atoms with van der Waals surface area (Å²) in [5.41, 5.74) is 7.29. The highest BCUT2D eigenvalue weighted by Crippen LogP contribution is 2.23. The highest BCUT2D eigenvalue weighted by atomic mass is 16.1. The molecule has 140 valence electrons. The molecule has 2 aromatic carbocycles. The van der Waals surface area contributed by atoms with Crippen molar-refractivity contribution in [3.8, 4) is 5.69 Å².